The van der Waals surface area contributed by atoms with Crippen molar-refractivity contribution in [1.82, 2.24) is 0 Å². The molecule has 1 atom stereocenters. The minimum absolute atomic E-state index is 0.139. The first kappa shape index (κ1) is 15.1. The zero-order chi connectivity index (χ0) is 14.7. The first-order valence-corrected chi connectivity index (χ1v) is 6.86. The van der Waals surface area contributed by atoms with Crippen LogP contribution in [0.1, 0.15) is 17.2 Å². The van der Waals surface area contributed by atoms with Gasteiger partial charge in [0.15, 0.2) is 0 Å². The number of rotatable bonds is 4. The number of hydrogen-bond donors (Lipinski definition) is 2. The first-order valence-electron chi connectivity index (χ1n) is 6.10. The summed E-state index contributed by atoms with van der Waals surface area (Å²) in [5, 5.41) is 13.9. The molecule has 0 aliphatic carbocycles. The summed E-state index contributed by atoms with van der Waals surface area (Å²) in [5.74, 6) is -0.352. The molecule has 0 fully saturated rings. The third-order valence-electron chi connectivity index (χ3n) is 2.93. The van der Waals surface area contributed by atoms with Crippen LogP contribution in [0.25, 0.3) is 0 Å². The quantitative estimate of drug-likeness (QED) is 0.865. The Morgan fingerprint density at radius 3 is 2.65 bits per heavy atom. The molecule has 0 bridgehead atoms. The molecule has 0 radical (unpaired) electrons. The third kappa shape index (κ3) is 3.63. The van der Waals surface area contributed by atoms with E-state index in [-0.39, 0.29) is 12.4 Å². The summed E-state index contributed by atoms with van der Waals surface area (Å²) in [4.78, 5) is 0. The van der Waals surface area contributed by atoms with Crippen LogP contribution in [0.15, 0.2) is 36.4 Å². The minimum Gasteiger partial charge on any atom is -0.387 e. The van der Waals surface area contributed by atoms with Gasteiger partial charge in [0, 0.05) is 22.2 Å². The van der Waals surface area contributed by atoms with Crippen LogP contribution in [0.3, 0.4) is 0 Å². The van der Waals surface area contributed by atoms with Crippen molar-refractivity contribution in [3.63, 3.8) is 0 Å². The Hall–Kier alpha value is -1.29. The van der Waals surface area contributed by atoms with Crippen molar-refractivity contribution >= 4 is 28.9 Å². The fourth-order valence-electron chi connectivity index (χ4n) is 1.85. The van der Waals surface area contributed by atoms with E-state index in [9.17, 15) is 9.50 Å². The van der Waals surface area contributed by atoms with Gasteiger partial charge in [0.05, 0.1) is 11.8 Å². The van der Waals surface area contributed by atoms with Crippen molar-refractivity contribution < 1.29 is 9.50 Å². The number of aliphatic hydroxyl groups is 1. The van der Waals surface area contributed by atoms with Gasteiger partial charge in [0.25, 0.3) is 0 Å². The highest BCUT2D eigenvalue weighted by Crippen LogP contribution is 2.27. The minimum atomic E-state index is -0.873. The highest BCUT2D eigenvalue weighted by Gasteiger charge is 2.13. The van der Waals surface area contributed by atoms with Gasteiger partial charge in [-0.15, -0.1) is 0 Å². The zero-order valence-electron chi connectivity index (χ0n) is 10.8. The maximum Gasteiger partial charge on any atom is 0.146 e. The molecule has 106 valence electrons. The molecule has 0 amide bonds. The predicted molar refractivity (Wildman–Crippen MR) is 81.0 cm³/mol. The number of aliphatic hydroxyl groups excluding tert-OH is 1. The number of nitrogens with one attached hydrogen (secondary N) is 1. The maximum absolute atomic E-state index is 13.7. The molecule has 2 aromatic rings. The Morgan fingerprint density at radius 1 is 1.20 bits per heavy atom. The number of halogens is 3. The lowest BCUT2D eigenvalue weighted by Gasteiger charge is -2.15. The Labute approximate surface area is 127 Å². The number of anilines is 1. The molecule has 0 aliphatic rings. The summed E-state index contributed by atoms with van der Waals surface area (Å²) < 4.78 is 13.7. The van der Waals surface area contributed by atoms with Crippen LogP contribution in [0.5, 0.6) is 0 Å². The highest BCUT2D eigenvalue weighted by atomic mass is 35.5. The van der Waals surface area contributed by atoms with Gasteiger partial charge >= 0.3 is 0 Å². The van der Waals surface area contributed by atoms with Crippen LogP contribution in [-0.2, 0) is 0 Å². The molecule has 20 heavy (non-hydrogen) atoms. The van der Waals surface area contributed by atoms with Crippen molar-refractivity contribution in [2.24, 2.45) is 0 Å². The second-order valence-corrected chi connectivity index (χ2v) is 5.39. The van der Waals surface area contributed by atoms with Gasteiger partial charge in [-0.1, -0.05) is 29.3 Å². The van der Waals surface area contributed by atoms with Crippen LogP contribution in [0, 0.1) is 12.7 Å². The zero-order valence-corrected chi connectivity index (χ0v) is 12.3. The van der Waals surface area contributed by atoms with Crippen molar-refractivity contribution in [2.45, 2.75) is 13.0 Å². The van der Waals surface area contributed by atoms with Crippen molar-refractivity contribution in [1.29, 1.82) is 0 Å². The molecule has 0 aromatic heterocycles. The van der Waals surface area contributed by atoms with Crippen molar-refractivity contribution in [3.8, 4) is 0 Å². The van der Waals surface area contributed by atoms with Crippen LogP contribution >= 0.6 is 23.2 Å². The fourth-order valence-corrected chi connectivity index (χ4v) is 2.27. The monoisotopic (exact) mass is 313 g/mol. The molecule has 1 unspecified atom stereocenters. The van der Waals surface area contributed by atoms with Gasteiger partial charge in [-0.3, -0.25) is 0 Å². The summed E-state index contributed by atoms with van der Waals surface area (Å²) in [6.45, 7) is 1.95. The van der Waals surface area contributed by atoms with Gasteiger partial charge in [0.1, 0.15) is 5.82 Å². The first-order chi connectivity index (χ1) is 9.47. The molecule has 0 saturated carbocycles. The Morgan fingerprint density at radius 2 is 1.95 bits per heavy atom. The normalized spacial score (nSPS) is 12.2. The number of hydrogen-bond acceptors (Lipinski definition) is 2. The molecule has 0 spiro atoms. The molecule has 2 N–H and O–H groups in total. The van der Waals surface area contributed by atoms with Crippen LogP contribution in [-0.4, -0.2) is 11.7 Å². The largest absolute Gasteiger partial charge is 0.387 e. The SMILES string of the molecule is Cc1ccc(NCC(O)c2cc(Cl)ccc2Cl)c(F)c1. The molecule has 0 saturated heterocycles. The van der Waals surface area contributed by atoms with E-state index < -0.39 is 6.10 Å². The van der Waals surface area contributed by atoms with Gasteiger partial charge < -0.3 is 10.4 Å². The predicted octanol–water partition coefficient (Wildman–Crippen LogP) is 4.59. The summed E-state index contributed by atoms with van der Waals surface area (Å²) in [5.41, 5.74) is 1.69. The van der Waals surface area contributed by atoms with E-state index in [2.05, 4.69) is 5.32 Å². The van der Waals surface area contributed by atoms with E-state index in [4.69, 9.17) is 23.2 Å². The topological polar surface area (TPSA) is 32.3 Å². The third-order valence-corrected chi connectivity index (χ3v) is 3.51. The van der Waals surface area contributed by atoms with E-state index in [1.807, 2.05) is 6.92 Å². The Bertz CT molecular complexity index is 619. The molecule has 2 aromatic carbocycles. The highest BCUT2D eigenvalue weighted by molar-refractivity contribution is 6.33. The van der Waals surface area contributed by atoms with E-state index in [0.29, 0.717) is 21.3 Å². The molecule has 0 heterocycles. The summed E-state index contributed by atoms with van der Waals surface area (Å²) in [6, 6.07) is 9.73. The van der Waals surface area contributed by atoms with Crippen LogP contribution < -0.4 is 5.32 Å². The van der Waals surface area contributed by atoms with Gasteiger partial charge in [-0.05, 0) is 42.8 Å². The van der Waals surface area contributed by atoms with E-state index in [1.54, 1.807) is 30.3 Å². The second kappa shape index (κ2) is 6.44. The fraction of sp³-hybridized carbons (Fsp3) is 0.200. The number of aryl methyl sites for hydroxylation is 1. The molecular weight excluding hydrogens is 300 g/mol. The lowest BCUT2D eigenvalue weighted by molar-refractivity contribution is 0.191. The van der Waals surface area contributed by atoms with Gasteiger partial charge in [0.2, 0.25) is 0 Å². The van der Waals surface area contributed by atoms with Gasteiger partial charge in [-0.2, -0.15) is 0 Å². The lowest BCUT2D eigenvalue weighted by Crippen LogP contribution is -2.13. The molecule has 2 rings (SSSR count). The van der Waals surface area contributed by atoms with E-state index in [1.165, 1.54) is 6.07 Å². The average Bonchev–Trinajstić information content (AvgIpc) is 2.40. The molecular formula is C15H14Cl2FNO. The summed E-state index contributed by atoms with van der Waals surface area (Å²) in [6.07, 6.45) is -0.873. The Balaban J connectivity index is 2.08. The van der Waals surface area contributed by atoms with Crippen molar-refractivity contribution in [3.05, 3.63) is 63.4 Å². The second-order valence-electron chi connectivity index (χ2n) is 4.55. The van der Waals surface area contributed by atoms with Gasteiger partial charge in [-0.25, -0.2) is 4.39 Å². The molecule has 2 nitrogen and oxygen atoms in total. The summed E-state index contributed by atoms with van der Waals surface area (Å²) >= 11 is 11.9. The van der Waals surface area contributed by atoms with Crippen molar-refractivity contribution in [2.75, 3.05) is 11.9 Å². The van der Waals surface area contributed by atoms with Crippen LogP contribution in [0.2, 0.25) is 10.0 Å². The Kier molecular flexibility index (Phi) is 4.86. The van der Waals surface area contributed by atoms with E-state index >= 15 is 0 Å². The molecule has 5 heteroatoms. The molecule has 0 aliphatic heterocycles. The standard InChI is InChI=1S/C15H14Cl2FNO/c1-9-2-5-14(13(18)6-9)19-8-15(20)11-7-10(16)3-4-12(11)17/h2-7,15,19-20H,8H2,1H3. The smallest absolute Gasteiger partial charge is 0.146 e. The lowest BCUT2D eigenvalue weighted by atomic mass is 10.1. The average molecular weight is 314 g/mol. The number of benzene rings is 2. The van der Waals surface area contributed by atoms with Crippen LogP contribution in [0.4, 0.5) is 10.1 Å². The van der Waals surface area contributed by atoms with E-state index in [0.717, 1.165) is 5.56 Å². The summed E-state index contributed by atoms with van der Waals surface area (Å²) in [7, 11) is 0. The maximum atomic E-state index is 13.7.